The zero-order valence-electron chi connectivity index (χ0n) is 16.0. The summed E-state index contributed by atoms with van der Waals surface area (Å²) >= 11 is 0.194. The fourth-order valence-corrected chi connectivity index (χ4v) is 2.84. The predicted molar refractivity (Wildman–Crippen MR) is 116 cm³/mol. The van der Waals surface area contributed by atoms with Crippen molar-refractivity contribution in [3.63, 3.8) is 0 Å². The molecule has 3 nitrogen and oxygen atoms in total. The summed E-state index contributed by atoms with van der Waals surface area (Å²) in [6.07, 6.45) is 3.52. The van der Waals surface area contributed by atoms with E-state index in [1.807, 2.05) is 30.3 Å². The Hall–Kier alpha value is -1.84. The van der Waals surface area contributed by atoms with Gasteiger partial charge in [0.25, 0.3) is 0 Å². The van der Waals surface area contributed by atoms with Crippen molar-refractivity contribution < 1.29 is 17.6 Å². The second-order valence-corrected chi connectivity index (χ2v) is 8.08. The van der Waals surface area contributed by atoms with Crippen molar-refractivity contribution in [2.24, 2.45) is 9.98 Å². The molecule has 3 rings (SSSR count). The van der Waals surface area contributed by atoms with E-state index in [-0.39, 0.29) is 13.1 Å². The molecule has 1 aromatic heterocycles. The Bertz CT molecular complexity index is 914. The fourth-order valence-electron chi connectivity index (χ4n) is 2.84. The first kappa shape index (κ1) is 22.4. The monoisotopic (exact) mass is 456 g/mol. The van der Waals surface area contributed by atoms with E-state index in [2.05, 4.69) is 55.0 Å². The van der Waals surface area contributed by atoms with E-state index in [1.165, 1.54) is 22.3 Å². The van der Waals surface area contributed by atoms with Crippen LogP contribution in [-0.4, -0.2) is 12.4 Å². The van der Waals surface area contributed by atoms with Crippen LogP contribution in [0.4, 0.5) is 5.69 Å². The minimum atomic E-state index is 0.194. The summed E-state index contributed by atoms with van der Waals surface area (Å²) in [5.41, 5.74) is 5.78. The standard InChI is InChI=1S/C22H22N2O.2ClH.Fe/c1-16-11-17(2)22(18(3)12-16)24-15-21-10-9-20(25-21)14-23-13-19-7-5-4-6-8-19;;;/h4-12,14-15H,13H2,1-3H3;2*1H;/q;;;+2/p-2. The summed E-state index contributed by atoms with van der Waals surface area (Å²) in [5.74, 6) is 1.45. The average Bonchev–Trinajstić information content (AvgIpc) is 3.10. The summed E-state index contributed by atoms with van der Waals surface area (Å²) in [6.45, 7) is 6.90. The Labute approximate surface area is 181 Å². The third kappa shape index (κ3) is 7.29. The normalized spacial score (nSPS) is 11.2. The van der Waals surface area contributed by atoms with E-state index in [4.69, 9.17) is 24.6 Å². The molecule has 1 heterocycles. The Balaban J connectivity index is 0.000000878. The number of hydrogen-bond acceptors (Lipinski definition) is 3. The van der Waals surface area contributed by atoms with Gasteiger partial charge in [-0.05, 0) is 49.6 Å². The summed E-state index contributed by atoms with van der Waals surface area (Å²) in [4.78, 5) is 9.01. The first-order chi connectivity index (χ1) is 13.5. The van der Waals surface area contributed by atoms with Crippen molar-refractivity contribution in [1.29, 1.82) is 0 Å². The molecule has 0 N–H and O–H groups in total. The van der Waals surface area contributed by atoms with Crippen LogP contribution in [0.15, 0.2) is 69.0 Å². The number of benzene rings is 2. The summed E-state index contributed by atoms with van der Waals surface area (Å²) in [5, 5.41) is 0. The molecule has 0 unspecified atom stereocenters. The second kappa shape index (κ2) is 11.9. The van der Waals surface area contributed by atoms with Gasteiger partial charge in [0.1, 0.15) is 11.5 Å². The number of aryl methyl sites for hydroxylation is 3. The Morgan fingerprint density at radius 3 is 2.07 bits per heavy atom. The molecule has 0 amide bonds. The molecule has 3 aromatic rings. The van der Waals surface area contributed by atoms with Crippen LogP contribution in [0.3, 0.4) is 0 Å². The SMILES string of the molecule is Cc1cc(C)c(N=Cc2ccc(C=NCc3ccccc3)o2)c(C)c1.[Cl][Fe][Cl]. The van der Waals surface area contributed by atoms with E-state index in [0.29, 0.717) is 6.54 Å². The molecule has 28 heavy (non-hydrogen) atoms. The molecule has 0 aliphatic carbocycles. The number of hydrogen-bond donors (Lipinski definition) is 0. The molecule has 0 radical (unpaired) electrons. The second-order valence-electron chi connectivity index (χ2n) is 6.25. The van der Waals surface area contributed by atoms with E-state index in [0.717, 1.165) is 17.2 Å². The van der Waals surface area contributed by atoms with E-state index in [1.54, 1.807) is 12.4 Å². The van der Waals surface area contributed by atoms with Crippen LogP contribution in [0.25, 0.3) is 0 Å². The van der Waals surface area contributed by atoms with Crippen molar-refractivity contribution in [2.75, 3.05) is 0 Å². The molecule has 0 bridgehead atoms. The van der Waals surface area contributed by atoms with Crippen LogP contribution >= 0.6 is 20.2 Å². The van der Waals surface area contributed by atoms with Crippen LogP contribution in [0, 0.1) is 20.8 Å². The first-order valence-electron chi connectivity index (χ1n) is 8.64. The number of nitrogens with zero attached hydrogens (tertiary/aromatic N) is 2. The van der Waals surface area contributed by atoms with Crippen LogP contribution in [0.1, 0.15) is 33.8 Å². The van der Waals surface area contributed by atoms with Gasteiger partial charge in [0.05, 0.1) is 24.7 Å². The average molecular weight is 457 g/mol. The Kier molecular flexibility index (Phi) is 9.52. The summed E-state index contributed by atoms with van der Waals surface area (Å²) < 4.78 is 5.75. The van der Waals surface area contributed by atoms with Gasteiger partial charge in [0, 0.05) is 0 Å². The predicted octanol–water partition coefficient (Wildman–Crippen LogP) is 6.95. The van der Waals surface area contributed by atoms with Gasteiger partial charge in [0.2, 0.25) is 0 Å². The molecule has 0 atom stereocenters. The molecule has 0 saturated heterocycles. The van der Waals surface area contributed by atoms with Gasteiger partial charge in [-0.25, -0.2) is 0 Å². The van der Waals surface area contributed by atoms with Gasteiger partial charge >= 0.3 is 33.3 Å². The van der Waals surface area contributed by atoms with Crippen LogP contribution in [0.2, 0.25) is 0 Å². The van der Waals surface area contributed by atoms with Crippen LogP contribution in [-0.2, 0) is 19.7 Å². The van der Waals surface area contributed by atoms with Crippen molar-refractivity contribution in [3.05, 3.63) is 88.4 Å². The van der Waals surface area contributed by atoms with E-state index in [9.17, 15) is 0 Å². The van der Waals surface area contributed by atoms with Gasteiger partial charge in [0.15, 0.2) is 0 Å². The molecule has 0 aliphatic rings. The van der Waals surface area contributed by atoms with Gasteiger partial charge in [-0.3, -0.25) is 9.98 Å². The van der Waals surface area contributed by atoms with Crippen LogP contribution in [0.5, 0.6) is 0 Å². The zero-order chi connectivity index (χ0) is 20.4. The third-order valence-corrected chi connectivity index (χ3v) is 3.94. The topological polar surface area (TPSA) is 37.9 Å². The maximum absolute atomic E-state index is 5.75. The Morgan fingerprint density at radius 2 is 1.46 bits per heavy atom. The van der Waals surface area contributed by atoms with Crippen molar-refractivity contribution in [3.8, 4) is 0 Å². The van der Waals surface area contributed by atoms with Gasteiger partial charge in [-0.2, -0.15) is 0 Å². The van der Waals surface area contributed by atoms with Gasteiger partial charge in [-0.15, -0.1) is 0 Å². The van der Waals surface area contributed by atoms with E-state index < -0.39 is 0 Å². The molecule has 0 spiro atoms. The number of furan rings is 1. The summed E-state index contributed by atoms with van der Waals surface area (Å²) in [7, 11) is 9.53. The minimum absolute atomic E-state index is 0.194. The molecule has 148 valence electrons. The van der Waals surface area contributed by atoms with E-state index >= 15 is 0 Å². The third-order valence-electron chi connectivity index (χ3n) is 3.94. The quantitative estimate of drug-likeness (QED) is 0.302. The molecule has 0 fully saturated rings. The molecule has 0 saturated carbocycles. The molecule has 0 aliphatic heterocycles. The number of halogens is 2. The zero-order valence-corrected chi connectivity index (χ0v) is 18.6. The molecule has 6 heteroatoms. The fraction of sp³-hybridized carbons (Fsp3) is 0.182. The molecular formula is C22H22Cl2FeN2O. The van der Waals surface area contributed by atoms with Crippen LogP contribution < -0.4 is 0 Å². The number of rotatable bonds is 5. The number of aliphatic imine (C=N–C) groups is 2. The van der Waals surface area contributed by atoms with Gasteiger partial charge < -0.3 is 4.42 Å². The van der Waals surface area contributed by atoms with Crippen molar-refractivity contribution >= 4 is 38.3 Å². The maximum atomic E-state index is 5.75. The molecule has 2 aromatic carbocycles. The van der Waals surface area contributed by atoms with Crippen molar-refractivity contribution in [2.45, 2.75) is 27.3 Å². The molecular weight excluding hydrogens is 435 g/mol. The first-order valence-corrected chi connectivity index (χ1v) is 11.7. The Morgan fingerprint density at radius 1 is 0.893 bits per heavy atom. The summed E-state index contributed by atoms with van der Waals surface area (Å²) in [6, 6.07) is 18.3. The van der Waals surface area contributed by atoms with Gasteiger partial charge in [-0.1, -0.05) is 48.0 Å². The van der Waals surface area contributed by atoms with Crippen molar-refractivity contribution in [1.82, 2.24) is 0 Å².